The van der Waals surface area contributed by atoms with Gasteiger partial charge in [0.25, 0.3) is 0 Å². The van der Waals surface area contributed by atoms with Crippen LogP contribution in [0.5, 0.6) is 0 Å². The van der Waals surface area contributed by atoms with Crippen molar-refractivity contribution in [2.45, 2.75) is 25.5 Å². The molecule has 0 atom stereocenters. The molecule has 0 unspecified atom stereocenters. The van der Waals surface area contributed by atoms with Gasteiger partial charge >= 0.3 is 0 Å². The van der Waals surface area contributed by atoms with E-state index in [9.17, 15) is 8.42 Å². The van der Waals surface area contributed by atoms with Gasteiger partial charge in [0.05, 0.1) is 18.0 Å². The van der Waals surface area contributed by atoms with E-state index in [2.05, 4.69) is 0 Å². The molecule has 0 saturated carbocycles. The van der Waals surface area contributed by atoms with Crippen LogP contribution in [0.4, 0.5) is 0 Å². The average molecular weight is 207 g/mol. The van der Waals surface area contributed by atoms with Crippen LogP contribution in [-0.2, 0) is 14.8 Å². The highest BCUT2D eigenvalue weighted by Crippen LogP contribution is 2.20. The molecular formula is C8H17NO3S. The van der Waals surface area contributed by atoms with Gasteiger partial charge in [0.15, 0.2) is 0 Å². The lowest BCUT2D eigenvalue weighted by molar-refractivity contribution is 0.0721. The summed E-state index contributed by atoms with van der Waals surface area (Å²) in [4.78, 5) is 0. The van der Waals surface area contributed by atoms with Gasteiger partial charge in [-0.1, -0.05) is 0 Å². The third kappa shape index (κ3) is 2.21. The zero-order chi connectivity index (χ0) is 10.1. The molecule has 1 rings (SSSR count). The fourth-order valence-corrected chi connectivity index (χ4v) is 2.58. The van der Waals surface area contributed by atoms with Crippen molar-refractivity contribution in [3.05, 3.63) is 0 Å². The number of nitrogens with zero attached hydrogens (tertiary/aromatic N) is 1. The maximum Gasteiger partial charge on any atom is 0.219 e. The normalized spacial score (nSPS) is 21.8. The van der Waals surface area contributed by atoms with Crippen molar-refractivity contribution in [3.63, 3.8) is 0 Å². The molecule has 0 amide bonds. The maximum absolute atomic E-state index is 11.9. The van der Waals surface area contributed by atoms with Gasteiger partial charge in [0.1, 0.15) is 0 Å². The van der Waals surface area contributed by atoms with Crippen molar-refractivity contribution < 1.29 is 13.2 Å². The van der Waals surface area contributed by atoms with E-state index in [-0.39, 0.29) is 0 Å². The van der Waals surface area contributed by atoms with Crippen LogP contribution in [0.1, 0.15) is 20.8 Å². The Kier molecular flexibility index (Phi) is 2.99. The minimum absolute atomic E-state index is 0.486. The van der Waals surface area contributed by atoms with E-state index in [1.807, 2.05) is 0 Å². The molecule has 5 heteroatoms. The Balaban J connectivity index is 2.80. The first-order valence-corrected chi connectivity index (χ1v) is 5.87. The molecule has 0 spiro atoms. The minimum atomic E-state index is -3.15. The average Bonchev–Trinajstić information content (AvgIpc) is 2.04. The summed E-state index contributed by atoms with van der Waals surface area (Å²) in [6.45, 7) is 7.15. The summed E-state index contributed by atoms with van der Waals surface area (Å²) in [5.41, 5.74) is 0. The number of hydrogen-bond donors (Lipinski definition) is 0. The van der Waals surface area contributed by atoms with Crippen LogP contribution in [0, 0.1) is 0 Å². The van der Waals surface area contributed by atoms with Crippen LogP contribution in [0.25, 0.3) is 0 Å². The summed E-state index contributed by atoms with van der Waals surface area (Å²) in [6, 6.07) is 0. The van der Waals surface area contributed by atoms with Crippen molar-refractivity contribution in [1.29, 1.82) is 0 Å². The first kappa shape index (κ1) is 10.9. The highest BCUT2D eigenvalue weighted by molar-refractivity contribution is 7.90. The van der Waals surface area contributed by atoms with Crippen molar-refractivity contribution >= 4 is 10.0 Å². The summed E-state index contributed by atoms with van der Waals surface area (Å²) in [5.74, 6) is 0. The largest absolute Gasteiger partial charge is 0.379 e. The Labute approximate surface area is 79.9 Å². The van der Waals surface area contributed by atoms with Gasteiger partial charge in [0.2, 0.25) is 10.0 Å². The summed E-state index contributed by atoms with van der Waals surface area (Å²) >= 11 is 0. The Morgan fingerprint density at radius 2 is 1.62 bits per heavy atom. The predicted molar refractivity (Wildman–Crippen MR) is 51.1 cm³/mol. The molecule has 0 aliphatic carbocycles. The Morgan fingerprint density at radius 1 is 1.15 bits per heavy atom. The molecule has 0 aromatic heterocycles. The lowest BCUT2D eigenvalue weighted by Crippen LogP contribution is -2.48. The van der Waals surface area contributed by atoms with Gasteiger partial charge < -0.3 is 4.74 Å². The van der Waals surface area contributed by atoms with E-state index in [0.717, 1.165) is 0 Å². The molecule has 78 valence electrons. The summed E-state index contributed by atoms with van der Waals surface area (Å²) < 4.78 is 29.7. The fraction of sp³-hybridized carbons (Fsp3) is 1.00. The second kappa shape index (κ2) is 3.55. The Bertz CT molecular complexity index is 260. The van der Waals surface area contributed by atoms with Crippen molar-refractivity contribution in [2.24, 2.45) is 0 Å². The van der Waals surface area contributed by atoms with E-state index in [0.29, 0.717) is 26.3 Å². The molecule has 0 radical (unpaired) electrons. The molecule has 1 aliphatic heterocycles. The lowest BCUT2D eigenvalue weighted by atomic mass is 10.3. The number of morpholine rings is 1. The molecule has 1 aliphatic rings. The van der Waals surface area contributed by atoms with Crippen LogP contribution in [0.2, 0.25) is 0 Å². The van der Waals surface area contributed by atoms with Crippen molar-refractivity contribution in [2.75, 3.05) is 26.3 Å². The van der Waals surface area contributed by atoms with Gasteiger partial charge in [-0.15, -0.1) is 0 Å². The molecule has 4 nitrogen and oxygen atoms in total. The fourth-order valence-electron chi connectivity index (χ4n) is 1.17. The van der Waals surface area contributed by atoms with E-state index in [4.69, 9.17) is 4.74 Å². The maximum atomic E-state index is 11.9. The Morgan fingerprint density at radius 3 is 2.00 bits per heavy atom. The second-order valence-electron chi connectivity index (χ2n) is 4.13. The van der Waals surface area contributed by atoms with Crippen molar-refractivity contribution in [1.82, 2.24) is 4.31 Å². The highest BCUT2D eigenvalue weighted by Gasteiger charge is 2.35. The molecule has 0 aromatic carbocycles. The van der Waals surface area contributed by atoms with E-state index < -0.39 is 14.8 Å². The van der Waals surface area contributed by atoms with Gasteiger partial charge in [-0.3, -0.25) is 0 Å². The van der Waals surface area contributed by atoms with Crippen LogP contribution in [-0.4, -0.2) is 43.8 Å². The standard InChI is InChI=1S/C8H17NO3S/c1-8(2,3)13(10,11)9-4-6-12-7-5-9/h4-7H2,1-3H3. The predicted octanol–water partition coefficient (Wildman–Crippen LogP) is 0.447. The SMILES string of the molecule is CC(C)(C)S(=O)(=O)N1CCOCC1. The highest BCUT2D eigenvalue weighted by atomic mass is 32.2. The zero-order valence-corrected chi connectivity index (χ0v) is 9.23. The van der Waals surface area contributed by atoms with Crippen LogP contribution in [0.3, 0.4) is 0 Å². The topological polar surface area (TPSA) is 46.6 Å². The van der Waals surface area contributed by atoms with Crippen LogP contribution < -0.4 is 0 Å². The number of rotatable bonds is 1. The molecule has 1 fully saturated rings. The molecule has 0 N–H and O–H groups in total. The molecular weight excluding hydrogens is 190 g/mol. The smallest absolute Gasteiger partial charge is 0.219 e. The van der Waals surface area contributed by atoms with Gasteiger partial charge in [-0.25, -0.2) is 8.42 Å². The minimum Gasteiger partial charge on any atom is -0.379 e. The van der Waals surface area contributed by atoms with Gasteiger partial charge in [0, 0.05) is 13.1 Å². The number of sulfonamides is 1. The second-order valence-corrected chi connectivity index (χ2v) is 6.82. The quantitative estimate of drug-likeness (QED) is 0.627. The Hall–Kier alpha value is -0.130. The molecule has 13 heavy (non-hydrogen) atoms. The third-order valence-electron chi connectivity index (χ3n) is 2.08. The first-order valence-electron chi connectivity index (χ1n) is 4.43. The van der Waals surface area contributed by atoms with E-state index in [1.54, 1.807) is 20.8 Å². The van der Waals surface area contributed by atoms with Crippen molar-refractivity contribution in [3.8, 4) is 0 Å². The third-order valence-corrected chi connectivity index (χ3v) is 4.68. The monoisotopic (exact) mass is 207 g/mol. The molecule has 0 bridgehead atoms. The summed E-state index contributed by atoms with van der Waals surface area (Å²) in [5, 5.41) is 0. The summed E-state index contributed by atoms with van der Waals surface area (Å²) in [7, 11) is -3.15. The first-order chi connectivity index (χ1) is 5.86. The molecule has 0 aromatic rings. The van der Waals surface area contributed by atoms with Crippen LogP contribution >= 0.6 is 0 Å². The summed E-state index contributed by atoms with van der Waals surface area (Å²) in [6.07, 6.45) is 0. The molecule has 1 heterocycles. The number of ether oxygens (including phenoxy) is 1. The van der Waals surface area contributed by atoms with Crippen LogP contribution in [0.15, 0.2) is 0 Å². The van der Waals surface area contributed by atoms with E-state index >= 15 is 0 Å². The van der Waals surface area contributed by atoms with Gasteiger partial charge in [-0.2, -0.15) is 4.31 Å². The number of hydrogen-bond acceptors (Lipinski definition) is 3. The zero-order valence-electron chi connectivity index (χ0n) is 8.41. The molecule has 1 saturated heterocycles. The van der Waals surface area contributed by atoms with E-state index in [1.165, 1.54) is 4.31 Å². The van der Waals surface area contributed by atoms with Gasteiger partial charge in [-0.05, 0) is 20.8 Å². The lowest BCUT2D eigenvalue weighted by Gasteiger charge is -2.32.